The second kappa shape index (κ2) is 4.07. The van der Waals surface area contributed by atoms with E-state index in [1.165, 1.54) is 0 Å². The number of nitriles is 1. The first-order valence-corrected chi connectivity index (χ1v) is 4.71. The van der Waals surface area contributed by atoms with Crippen molar-refractivity contribution >= 4 is 10.9 Å². The number of aliphatic hydroxyl groups excluding tert-OH is 1. The van der Waals surface area contributed by atoms with E-state index in [1.54, 1.807) is 12.3 Å². The van der Waals surface area contributed by atoms with Crippen LogP contribution < -0.4 is 0 Å². The molecule has 15 heavy (non-hydrogen) atoms. The number of hydrogen-bond acceptors (Lipinski definition) is 3. The van der Waals surface area contributed by atoms with Gasteiger partial charge in [-0.3, -0.25) is 4.98 Å². The fourth-order valence-corrected chi connectivity index (χ4v) is 1.51. The molecule has 1 heterocycles. The lowest BCUT2D eigenvalue weighted by atomic mass is 10.0. The van der Waals surface area contributed by atoms with Crippen molar-refractivity contribution in [3.63, 3.8) is 0 Å². The molecule has 1 unspecified atom stereocenters. The Labute approximate surface area is 87.6 Å². The topological polar surface area (TPSA) is 56.9 Å². The van der Waals surface area contributed by atoms with Crippen LogP contribution in [0.3, 0.4) is 0 Å². The molecule has 1 N–H and O–H groups in total. The van der Waals surface area contributed by atoms with Crippen molar-refractivity contribution in [1.82, 2.24) is 4.98 Å². The van der Waals surface area contributed by atoms with Gasteiger partial charge in [-0.15, -0.1) is 0 Å². The number of nitrogens with zero attached hydrogens (tertiary/aromatic N) is 2. The summed E-state index contributed by atoms with van der Waals surface area (Å²) in [5, 5.41) is 19.1. The molecule has 1 aromatic carbocycles. The molecule has 0 spiro atoms. The minimum Gasteiger partial charge on any atom is -0.387 e. The molecule has 0 bridgehead atoms. The first-order valence-electron chi connectivity index (χ1n) is 4.71. The zero-order valence-corrected chi connectivity index (χ0v) is 8.09. The smallest absolute Gasteiger partial charge is 0.0920 e. The zero-order valence-electron chi connectivity index (χ0n) is 8.09. The SMILES string of the molecule is N#CCC(O)c1ccc2ncccc2c1. The normalized spacial score (nSPS) is 12.3. The molecule has 0 amide bonds. The lowest BCUT2D eigenvalue weighted by molar-refractivity contribution is 0.183. The summed E-state index contributed by atoms with van der Waals surface area (Å²) in [5.41, 5.74) is 1.66. The minimum absolute atomic E-state index is 0.117. The molecule has 0 saturated carbocycles. The Balaban J connectivity index is 2.43. The van der Waals surface area contributed by atoms with Gasteiger partial charge in [-0.05, 0) is 23.8 Å². The first-order chi connectivity index (χ1) is 7.31. The van der Waals surface area contributed by atoms with Gasteiger partial charge < -0.3 is 5.11 Å². The summed E-state index contributed by atoms with van der Waals surface area (Å²) in [6, 6.07) is 11.3. The van der Waals surface area contributed by atoms with E-state index >= 15 is 0 Å². The van der Waals surface area contributed by atoms with Crippen LogP contribution in [0.2, 0.25) is 0 Å². The van der Waals surface area contributed by atoms with Crippen molar-refractivity contribution in [2.75, 3.05) is 0 Å². The summed E-state index contributed by atoms with van der Waals surface area (Å²) in [4.78, 5) is 4.18. The molecule has 1 atom stereocenters. The monoisotopic (exact) mass is 198 g/mol. The second-order valence-electron chi connectivity index (χ2n) is 3.33. The number of fused-ring (bicyclic) bond motifs is 1. The van der Waals surface area contributed by atoms with Crippen LogP contribution in [-0.4, -0.2) is 10.1 Å². The van der Waals surface area contributed by atoms with E-state index in [0.29, 0.717) is 0 Å². The van der Waals surface area contributed by atoms with Crippen LogP contribution >= 0.6 is 0 Å². The summed E-state index contributed by atoms with van der Waals surface area (Å²) >= 11 is 0. The van der Waals surface area contributed by atoms with E-state index < -0.39 is 6.10 Å². The number of aromatic nitrogens is 1. The van der Waals surface area contributed by atoms with Crippen molar-refractivity contribution in [2.24, 2.45) is 0 Å². The molecule has 0 saturated heterocycles. The number of aliphatic hydroxyl groups is 1. The van der Waals surface area contributed by atoms with Gasteiger partial charge in [0.2, 0.25) is 0 Å². The van der Waals surface area contributed by atoms with Gasteiger partial charge in [0.05, 0.1) is 24.1 Å². The molecule has 0 aliphatic heterocycles. The summed E-state index contributed by atoms with van der Waals surface area (Å²) in [5.74, 6) is 0. The summed E-state index contributed by atoms with van der Waals surface area (Å²) < 4.78 is 0. The quantitative estimate of drug-likeness (QED) is 0.804. The van der Waals surface area contributed by atoms with Crippen LogP contribution in [0.15, 0.2) is 36.5 Å². The van der Waals surface area contributed by atoms with Crippen LogP contribution in [0.5, 0.6) is 0 Å². The third-order valence-electron chi connectivity index (χ3n) is 2.30. The second-order valence-corrected chi connectivity index (χ2v) is 3.33. The highest BCUT2D eigenvalue weighted by Gasteiger charge is 2.07. The Morgan fingerprint density at radius 2 is 2.27 bits per heavy atom. The number of pyridine rings is 1. The van der Waals surface area contributed by atoms with Gasteiger partial charge in [-0.2, -0.15) is 5.26 Å². The first kappa shape index (κ1) is 9.63. The van der Waals surface area contributed by atoms with Gasteiger partial charge in [0, 0.05) is 11.6 Å². The van der Waals surface area contributed by atoms with Crippen LogP contribution in [0.4, 0.5) is 0 Å². The molecule has 1 aromatic heterocycles. The predicted molar refractivity (Wildman–Crippen MR) is 56.9 cm³/mol. The van der Waals surface area contributed by atoms with E-state index in [9.17, 15) is 5.11 Å². The molecule has 3 heteroatoms. The lowest BCUT2D eigenvalue weighted by Gasteiger charge is -2.07. The van der Waals surface area contributed by atoms with E-state index in [1.807, 2.05) is 30.3 Å². The predicted octanol–water partition coefficient (Wildman–Crippen LogP) is 2.18. The van der Waals surface area contributed by atoms with Crippen molar-refractivity contribution in [2.45, 2.75) is 12.5 Å². The molecule has 0 aliphatic carbocycles. The average Bonchev–Trinajstić information content (AvgIpc) is 2.29. The molecule has 0 aliphatic rings. The molecule has 0 fully saturated rings. The fourth-order valence-electron chi connectivity index (χ4n) is 1.51. The van der Waals surface area contributed by atoms with E-state index in [4.69, 9.17) is 5.26 Å². The highest BCUT2D eigenvalue weighted by Crippen LogP contribution is 2.20. The van der Waals surface area contributed by atoms with Gasteiger partial charge in [-0.25, -0.2) is 0 Å². The molecule has 2 rings (SSSR count). The van der Waals surface area contributed by atoms with Gasteiger partial charge in [0.25, 0.3) is 0 Å². The Kier molecular flexibility index (Phi) is 2.61. The van der Waals surface area contributed by atoms with E-state index in [0.717, 1.165) is 16.5 Å². The number of rotatable bonds is 2. The zero-order chi connectivity index (χ0) is 10.7. The maximum atomic E-state index is 9.64. The molecule has 2 aromatic rings. The molecule has 0 radical (unpaired) electrons. The molecule has 3 nitrogen and oxygen atoms in total. The van der Waals surface area contributed by atoms with E-state index in [2.05, 4.69) is 4.98 Å². The van der Waals surface area contributed by atoms with Crippen molar-refractivity contribution < 1.29 is 5.11 Å². The Hall–Kier alpha value is -1.92. The Bertz CT molecular complexity index is 516. The number of benzene rings is 1. The Morgan fingerprint density at radius 1 is 1.40 bits per heavy atom. The van der Waals surface area contributed by atoms with Crippen molar-refractivity contribution in [3.8, 4) is 6.07 Å². The summed E-state index contributed by atoms with van der Waals surface area (Å²) in [7, 11) is 0. The van der Waals surface area contributed by atoms with Gasteiger partial charge in [0.1, 0.15) is 0 Å². The molecular formula is C12H10N2O. The highest BCUT2D eigenvalue weighted by atomic mass is 16.3. The Morgan fingerprint density at radius 3 is 3.07 bits per heavy atom. The standard InChI is InChI=1S/C12H10N2O/c13-6-5-12(15)10-3-4-11-9(8-10)2-1-7-14-11/h1-4,7-8,12,15H,5H2. The van der Waals surface area contributed by atoms with Gasteiger partial charge >= 0.3 is 0 Å². The largest absolute Gasteiger partial charge is 0.387 e. The summed E-state index contributed by atoms with van der Waals surface area (Å²) in [6.45, 7) is 0. The lowest BCUT2D eigenvalue weighted by Crippen LogP contribution is -1.95. The maximum absolute atomic E-state index is 9.64. The maximum Gasteiger partial charge on any atom is 0.0920 e. The molecular weight excluding hydrogens is 188 g/mol. The number of hydrogen-bond donors (Lipinski definition) is 1. The highest BCUT2D eigenvalue weighted by molar-refractivity contribution is 5.79. The van der Waals surface area contributed by atoms with Crippen LogP contribution in [-0.2, 0) is 0 Å². The van der Waals surface area contributed by atoms with Crippen LogP contribution in [0.1, 0.15) is 18.1 Å². The third kappa shape index (κ3) is 1.95. The van der Waals surface area contributed by atoms with Gasteiger partial charge in [0.15, 0.2) is 0 Å². The van der Waals surface area contributed by atoms with Crippen LogP contribution in [0, 0.1) is 11.3 Å². The molecule has 74 valence electrons. The average molecular weight is 198 g/mol. The van der Waals surface area contributed by atoms with Gasteiger partial charge in [-0.1, -0.05) is 12.1 Å². The van der Waals surface area contributed by atoms with E-state index in [-0.39, 0.29) is 6.42 Å². The minimum atomic E-state index is -0.709. The third-order valence-corrected chi connectivity index (χ3v) is 2.30. The van der Waals surface area contributed by atoms with Crippen molar-refractivity contribution in [1.29, 1.82) is 5.26 Å². The van der Waals surface area contributed by atoms with Crippen molar-refractivity contribution in [3.05, 3.63) is 42.1 Å². The fraction of sp³-hybridized carbons (Fsp3) is 0.167. The van der Waals surface area contributed by atoms with Crippen LogP contribution in [0.25, 0.3) is 10.9 Å². The summed E-state index contributed by atoms with van der Waals surface area (Å²) in [6.07, 6.45) is 1.14.